The quantitative estimate of drug-likeness (QED) is 0.506. The summed E-state index contributed by atoms with van der Waals surface area (Å²) in [6.45, 7) is 2.50. The van der Waals surface area contributed by atoms with Gasteiger partial charge in [0, 0.05) is 12.1 Å². The molecule has 1 aromatic carbocycles. The summed E-state index contributed by atoms with van der Waals surface area (Å²) < 4.78 is 10.0. The highest BCUT2D eigenvalue weighted by Gasteiger charge is 2.47. The van der Waals surface area contributed by atoms with E-state index in [-0.39, 0.29) is 6.54 Å². The molecule has 0 saturated carbocycles. The van der Waals surface area contributed by atoms with E-state index in [1.54, 1.807) is 26.0 Å². The number of amides is 4. The minimum absolute atomic E-state index is 0.211. The van der Waals surface area contributed by atoms with E-state index in [9.17, 15) is 19.2 Å². The van der Waals surface area contributed by atoms with Crippen molar-refractivity contribution in [3.63, 3.8) is 0 Å². The topological polar surface area (TPSA) is 114 Å². The van der Waals surface area contributed by atoms with E-state index < -0.39 is 42.5 Å². The van der Waals surface area contributed by atoms with E-state index in [0.717, 1.165) is 10.5 Å². The van der Waals surface area contributed by atoms with Crippen LogP contribution in [-0.2, 0) is 25.7 Å². The lowest BCUT2D eigenvalue weighted by Gasteiger charge is -2.18. The predicted molar refractivity (Wildman–Crippen MR) is 94.7 cm³/mol. The Morgan fingerprint density at radius 1 is 1.26 bits per heavy atom. The number of hydrogen-bond acceptors (Lipinski definition) is 6. The SMILES string of the molecule is CCC1(C)NC(=O)N(CC(=O)OCC(=O)NCc2ccccc2OC)C1=O. The average molecular weight is 377 g/mol. The number of para-hydroxylation sites is 1. The molecule has 1 heterocycles. The number of imide groups is 1. The maximum atomic E-state index is 12.2. The monoisotopic (exact) mass is 377 g/mol. The van der Waals surface area contributed by atoms with Gasteiger partial charge in [0.2, 0.25) is 0 Å². The molecule has 2 N–H and O–H groups in total. The van der Waals surface area contributed by atoms with E-state index in [2.05, 4.69) is 10.6 Å². The van der Waals surface area contributed by atoms with Crippen molar-refractivity contribution in [3.05, 3.63) is 29.8 Å². The summed E-state index contributed by atoms with van der Waals surface area (Å²) in [7, 11) is 1.53. The summed E-state index contributed by atoms with van der Waals surface area (Å²) in [5.41, 5.74) is -0.249. The fourth-order valence-corrected chi connectivity index (χ4v) is 2.54. The number of benzene rings is 1. The van der Waals surface area contributed by atoms with E-state index in [0.29, 0.717) is 12.2 Å². The highest BCUT2D eigenvalue weighted by Crippen LogP contribution is 2.20. The Morgan fingerprint density at radius 3 is 2.59 bits per heavy atom. The van der Waals surface area contributed by atoms with Gasteiger partial charge in [-0.15, -0.1) is 0 Å². The van der Waals surface area contributed by atoms with Crippen LogP contribution in [0.15, 0.2) is 24.3 Å². The summed E-state index contributed by atoms with van der Waals surface area (Å²) in [5.74, 6) is -1.21. The molecule has 4 amide bonds. The van der Waals surface area contributed by atoms with Crippen molar-refractivity contribution in [2.24, 2.45) is 0 Å². The fourth-order valence-electron chi connectivity index (χ4n) is 2.54. The Hall–Kier alpha value is -3.10. The van der Waals surface area contributed by atoms with Crippen LogP contribution >= 0.6 is 0 Å². The molecule has 146 valence electrons. The molecule has 1 unspecified atom stereocenters. The van der Waals surface area contributed by atoms with Crippen molar-refractivity contribution in [2.45, 2.75) is 32.4 Å². The first kappa shape index (κ1) is 20.2. The van der Waals surface area contributed by atoms with Gasteiger partial charge in [-0.05, 0) is 19.4 Å². The zero-order valence-electron chi connectivity index (χ0n) is 15.5. The molecule has 0 aromatic heterocycles. The molecule has 1 aromatic rings. The highest BCUT2D eigenvalue weighted by molar-refractivity contribution is 6.08. The summed E-state index contributed by atoms with van der Waals surface area (Å²) in [4.78, 5) is 48.6. The van der Waals surface area contributed by atoms with Crippen LogP contribution in [0.5, 0.6) is 5.75 Å². The van der Waals surface area contributed by atoms with Crippen LogP contribution in [0.1, 0.15) is 25.8 Å². The van der Waals surface area contributed by atoms with E-state index >= 15 is 0 Å². The van der Waals surface area contributed by atoms with Gasteiger partial charge in [-0.3, -0.25) is 19.3 Å². The maximum absolute atomic E-state index is 12.2. The molecular weight excluding hydrogens is 354 g/mol. The lowest BCUT2D eigenvalue weighted by atomic mass is 9.99. The van der Waals surface area contributed by atoms with Gasteiger partial charge in [0.05, 0.1) is 7.11 Å². The second-order valence-corrected chi connectivity index (χ2v) is 6.26. The molecule has 2 rings (SSSR count). The molecule has 1 atom stereocenters. The summed E-state index contributed by atoms with van der Waals surface area (Å²) in [5, 5.41) is 5.14. The molecule has 9 nitrogen and oxygen atoms in total. The van der Waals surface area contributed by atoms with Crippen molar-refractivity contribution in [2.75, 3.05) is 20.3 Å². The van der Waals surface area contributed by atoms with Crippen LogP contribution in [0.25, 0.3) is 0 Å². The van der Waals surface area contributed by atoms with Gasteiger partial charge in [-0.1, -0.05) is 25.1 Å². The Balaban J connectivity index is 1.79. The van der Waals surface area contributed by atoms with Gasteiger partial charge >= 0.3 is 12.0 Å². The molecule has 9 heteroatoms. The second kappa shape index (κ2) is 8.52. The smallest absolute Gasteiger partial charge is 0.326 e. The Kier molecular flexibility index (Phi) is 6.38. The molecule has 0 bridgehead atoms. The van der Waals surface area contributed by atoms with Crippen LogP contribution in [0.3, 0.4) is 0 Å². The molecule has 1 fully saturated rings. The predicted octanol–water partition coefficient (Wildman–Crippen LogP) is 0.575. The third kappa shape index (κ3) is 4.75. The molecule has 0 spiro atoms. The summed E-state index contributed by atoms with van der Waals surface area (Å²) in [6.07, 6.45) is 0.397. The van der Waals surface area contributed by atoms with Crippen molar-refractivity contribution in [1.82, 2.24) is 15.5 Å². The lowest BCUT2D eigenvalue weighted by Crippen LogP contribution is -2.43. The number of hydrogen-bond donors (Lipinski definition) is 2. The normalized spacial score (nSPS) is 18.9. The number of nitrogens with one attached hydrogen (secondary N) is 2. The maximum Gasteiger partial charge on any atom is 0.326 e. The number of carbonyl (C=O) groups is 4. The first-order chi connectivity index (χ1) is 12.8. The van der Waals surface area contributed by atoms with Crippen molar-refractivity contribution in [3.8, 4) is 5.75 Å². The van der Waals surface area contributed by atoms with Gasteiger partial charge < -0.3 is 20.1 Å². The van der Waals surface area contributed by atoms with E-state index in [1.807, 2.05) is 12.1 Å². The average Bonchev–Trinajstić information content (AvgIpc) is 2.88. The first-order valence-electron chi connectivity index (χ1n) is 8.49. The second-order valence-electron chi connectivity index (χ2n) is 6.26. The molecule has 1 aliphatic heterocycles. The highest BCUT2D eigenvalue weighted by atomic mass is 16.5. The fraction of sp³-hybridized carbons (Fsp3) is 0.444. The molecule has 0 aliphatic carbocycles. The molecule has 0 radical (unpaired) electrons. The van der Waals surface area contributed by atoms with Crippen molar-refractivity contribution >= 4 is 23.8 Å². The van der Waals surface area contributed by atoms with Crippen molar-refractivity contribution < 1.29 is 28.7 Å². The van der Waals surface area contributed by atoms with Gasteiger partial charge in [0.1, 0.15) is 17.8 Å². The van der Waals surface area contributed by atoms with E-state index in [1.165, 1.54) is 7.11 Å². The number of ether oxygens (including phenoxy) is 2. The Bertz CT molecular complexity index is 750. The van der Waals surface area contributed by atoms with Crippen LogP contribution in [-0.4, -0.2) is 54.5 Å². The number of nitrogens with zero attached hydrogens (tertiary/aromatic N) is 1. The van der Waals surface area contributed by atoms with E-state index in [4.69, 9.17) is 9.47 Å². The summed E-state index contributed by atoms with van der Waals surface area (Å²) >= 11 is 0. The van der Waals surface area contributed by atoms with Crippen molar-refractivity contribution in [1.29, 1.82) is 0 Å². The third-order valence-electron chi connectivity index (χ3n) is 4.37. The Labute approximate surface area is 157 Å². The number of urea groups is 1. The first-order valence-corrected chi connectivity index (χ1v) is 8.49. The minimum atomic E-state index is -1.02. The van der Waals surface area contributed by atoms with Gasteiger partial charge in [0.25, 0.3) is 11.8 Å². The third-order valence-corrected chi connectivity index (χ3v) is 4.37. The van der Waals surface area contributed by atoms with Crippen LogP contribution < -0.4 is 15.4 Å². The van der Waals surface area contributed by atoms with Gasteiger partial charge in [0.15, 0.2) is 6.61 Å². The lowest BCUT2D eigenvalue weighted by molar-refractivity contribution is -0.151. The number of esters is 1. The zero-order chi connectivity index (χ0) is 20.0. The molecule has 1 aliphatic rings. The largest absolute Gasteiger partial charge is 0.496 e. The van der Waals surface area contributed by atoms with Gasteiger partial charge in [-0.2, -0.15) is 0 Å². The number of carbonyl (C=O) groups excluding carboxylic acids is 4. The Morgan fingerprint density at radius 2 is 1.96 bits per heavy atom. The summed E-state index contributed by atoms with van der Waals surface area (Å²) in [6, 6.07) is 6.54. The zero-order valence-corrected chi connectivity index (χ0v) is 15.5. The van der Waals surface area contributed by atoms with Crippen LogP contribution in [0.4, 0.5) is 4.79 Å². The van der Waals surface area contributed by atoms with Gasteiger partial charge in [-0.25, -0.2) is 4.79 Å². The number of methoxy groups -OCH3 is 1. The molecule has 27 heavy (non-hydrogen) atoms. The minimum Gasteiger partial charge on any atom is -0.496 e. The molecule has 1 saturated heterocycles. The molecular formula is C18H23N3O6. The standard InChI is InChI=1S/C18H23N3O6/c1-4-18(2)16(24)21(17(25)20-18)10-15(23)27-11-14(22)19-9-12-7-5-6-8-13(12)26-3/h5-8H,4,9-11H2,1-3H3,(H,19,22)(H,20,25). The van der Waals surface area contributed by atoms with Crippen LogP contribution in [0, 0.1) is 0 Å². The van der Waals surface area contributed by atoms with Crippen LogP contribution in [0.2, 0.25) is 0 Å². The number of rotatable bonds is 8.